The summed E-state index contributed by atoms with van der Waals surface area (Å²) in [5.74, 6) is 0. The molecule has 18 heavy (non-hydrogen) atoms. The van der Waals surface area contributed by atoms with Crippen molar-refractivity contribution in [3.63, 3.8) is 0 Å². The molecule has 0 spiro atoms. The minimum Gasteiger partial charge on any atom is -0.308 e. The Kier molecular flexibility index (Phi) is 4.31. The SMILES string of the molecule is CC(NCC1(N(C)C)CCC1)c1ccc(Cl)cc1. The molecule has 0 aromatic heterocycles. The van der Waals surface area contributed by atoms with E-state index < -0.39 is 0 Å². The van der Waals surface area contributed by atoms with Gasteiger partial charge in [-0.25, -0.2) is 0 Å². The van der Waals surface area contributed by atoms with Gasteiger partial charge >= 0.3 is 0 Å². The highest BCUT2D eigenvalue weighted by molar-refractivity contribution is 6.30. The van der Waals surface area contributed by atoms with Crippen LogP contribution in [0.15, 0.2) is 24.3 Å². The summed E-state index contributed by atoms with van der Waals surface area (Å²) in [6.45, 7) is 3.27. The molecule has 1 aliphatic rings. The van der Waals surface area contributed by atoms with Crippen LogP contribution >= 0.6 is 11.6 Å². The molecular weight excluding hydrogens is 244 g/mol. The molecule has 100 valence electrons. The van der Waals surface area contributed by atoms with E-state index in [1.807, 2.05) is 12.1 Å². The number of halogens is 1. The van der Waals surface area contributed by atoms with E-state index in [4.69, 9.17) is 11.6 Å². The van der Waals surface area contributed by atoms with E-state index >= 15 is 0 Å². The summed E-state index contributed by atoms with van der Waals surface area (Å²) in [5.41, 5.74) is 1.67. The van der Waals surface area contributed by atoms with Gasteiger partial charge in [0.15, 0.2) is 0 Å². The van der Waals surface area contributed by atoms with E-state index in [0.717, 1.165) is 11.6 Å². The van der Waals surface area contributed by atoms with Crippen LogP contribution in [0.25, 0.3) is 0 Å². The molecule has 3 heteroatoms. The van der Waals surface area contributed by atoms with Gasteiger partial charge in [-0.15, -0.1) is 0 Å². The van der Waals surface area contributed by atoms with Crippen LogP contribution in [0.1, 0.15) is 37.8 Å². The number of rotatable bonds is 5. The zero-order chi connectivity index (χ0) is 13.2. The Morgan fingerprint density at radius 1 is 1.28 bits per heavy atom. The van der Waals surface area contributed by atoms with Crippen LogP contribution in [0.4, 0.5) is 0 Å². The van der Waals surface area contributed by atoms with Crippen LogP contribution in [-0.2, 0) is 0 Å². The summed E-state index contributed by atoms with van der Waals surface area (Å²) in [6, 6.07) is 8.49. The molecule has 1 aromatic carbocycles. The Morgan fingerprint density at radius 3 is 2.33 bits per heavy atom. The van der Waals surface area contributed by atoms with Gasteiger partial charge in [-0.05, 0) is 58.0 Å². The first kappa shape index (κ1) is 13.9. The monoisotopic (exact) mass is 266 g/mol. The lowest BCUT2D eigenvalue weighted by atomic mass is 9.75. The molecule has 1 N–H and O–H groups in total. The molecule has 1 unspecified atom stereocenters. The average molecular weight is 267 g/mol. The van der Waals surface area contributed by atoms with Gasteiger partial charge in [0, 0.05) is 23.1 Å². The fourth-order valence-electron chi connectivity index (χ4n) is 2.58. The van der Waals surface area contributed by atoms with Crippen molar-refractivity contribution in [2.75, 3.05) is 20.6 Å². The highest BCUT2D eigenvalue weighted by Gasteiger charge is 2.38. The molecule has 2 nitrogen and oxygen atoms in total. The normalized spacial score (nSPS) is 19.6. The van der Waals surface area contributed by atoms with Crippen molar-refractivity contribution in [2.24, 2.45) is 0 Å². The van der Waals surface area contributed by atoms with E-state index in [1.54, 1.807) is 0 Å². The Morgan fingerprint density at radius 2 is 1.89 bits per heavy atom. The summed E-state index contributed by atoms with van der Waals surface area (Å²) in [4.78, 5) is 2.37. The van der Waals surface area contributed by atoms with Gasteiger partial charge < -0.3 is 10.2 Å². The summed E-state index contributed by atoms with van der Waals surface area (Å²) in [7, 11) is 4.38. The summed E-state index contributed by atoms with van der Waals surface area (Å²) >= 11 is 5.91. The maximum absolute atomic E-state index is 5.91. The first-order chi connectivity index (χ1) is 8.53. The van der Waals surface area contributed by atoms with Crippen molar-refractivity contribution in [1.29, 1.82) is 0 Å². The molecule has 0 radical (unpaired) electrons. The Labute approximate surface area is 115 Å². The van der Waals surface area contributed by atoms with E-state index in [2.05, 4.69) is 43.4 Å². The first-order valence-corrected chi connectivity index (χ1v) is 7.08. The lowest BCUT2D eigenvalue weighted by Crippen LogP contribution is -2.56. The van der Waals surface area contributed by atoms with Gasteiger partial charge in [0.1, 0.15) is 0 Å². The largest absolute Gasteiger partial charge is 0.308 e. The third-order valence-corrected chi connectivity index (χ3v) is 4.59. The van der Waals surface area contributed by atoms with Gasteiger partial charge in [-0.3, -0.25) is 0 Å². The van der Waals surface area contributed by atoms with Crippen LogP contribution in [0.5, 0.6) is 0 Å². The summed E-state index contributed by atoms with van der Waals surface area (Å²) in [5, 5.41) is 4.46. The van der Waals surface area contributed by atoms with Crippen LogP contribution in [-0.4, -0.2) is 31.1 Å². The Balaban J connectivity index is 1.91. The predicted molar refractivity (Wildman–Crippen MR) is 78.1 cm³/mol. The molecule has 0 heterocycles. The molecule has 0 bridgehead atoms. The third-order valence-electron chi connectivity index (χ3n) is 4.34. The highest BCUT2D eigenvalue weighted by atomic mass is 35.5. The van der Waals surface area contributed by atoms with E-state index in [-0.39, 0.29) is 0 Å². The number of nitrogens with one attached hydrogen (secondary N) is 1. The van der Waals surface area contributed by atoms with E-state index in [1.165, 1.54) is 24.8 Å². The topological polar surface area (TPSA) is 15.3 Å². The fraction of sp³-hybridized carbons (Fsp3) is 0.600. The number of likely N-dealkylation sites (N-methyl/N-ethyl adjacent to an activating group) is 1. The van der Waals surface area contributed by atoms with Crippen LogP contribution in [0.3, 0.4) is 0 Å². The lowest BCUT2D eigenvalue weighted by Gasteiger charge is -2.48. The molecule has 1 atom stereocenters. The fourth-order valence-corrected chi connectivity index (χ4v) is 2.71. The number of hydrogen-bond acceptors (Lipinski definition) is 2. The van der Waals surface area contributed by atoms with Crippen molar-refractivity contribution in [2.45, 2.75) is 37.8 Å². The molecule has 0 saturated heterocycles. The van der Waals surface area contributed by atoms with Crippen LogP contribution in [0, 0.1) is 0 Å². The zero-order valence-electron chi connectivity index (χ0n) is 11.5. The second-order valence-corrected chi connectivity index (χ2v) is 6.06. The average Bonchev–Trinajstić information content (AvgIpc) is 2.27. The summed E-state index contributed by atoms with van der Waals surface area (Å²) < 4.78 is 0. The molecule has 0 amide bonds. The molecule has 1 aliphatic carbocycles. The van der Waals surface area contributed by atoms with Gasteiger partial charge in [-0.1, -0.05) is 23.7 Å². The predicted octanol–water partition coefficient (Wildman–Crippen LogP) is 3.47. The number of benzene rings is 1. The van der Waals surface area contributed by atoms with Gasteiger partial charge in [0.25, 0.3) is 0 Å². The third kappa shape index (κ3) is 2.87. The molecule has 2 rings (SSSR count). The Hall–Kier alpha value is -0.570. The molecule has 1 fully saturated rings. The molecular formula is C15H23ClN2. The van der Waals surface area contributed by atoms with Crippen molar-refractivity contribution < 1.29 is 0 Å². The van der Waals surface area contributed by atoms with Gasteiger partial charge in [0.05, 0.1) is 0 Å². The minimum absolute atomic E-state index is 0.375. The van der Waals surface area contributed by atoms with Crippen LogP contribution in [0.2, 0.25) is 5.02 Å². The number of nitrogens with zero attached hydrogens (tertiary/aromatic N) is 1. The smallest absolute Gasteiger partial charge is 0.0406 e. The standard InChI is InChI=1S/C15H23ClN2/c1-12(13-5-7-14(16)8-6-13)17-11-15(18(2)3)9-4-10-15/h5-8,12,17H,4,9-11H2,1-3H3. The minimum atomic E-state index is 0.375. The molecule has 0 aliphatic heterocycles. The summed E-state index contributed by atoms with van der Waals surface area (Å²) in [6.07, 6.45) is 3.97. The zero-order valence-corrected chi connectivity index (χ0v) is 12.3. The maximum atomic E-state index is 5.91. The second-order valence-electron chi connectivity index (χ2n) is 5.63. The van der Waals surface area contributed by atoms with E-state index in [0.29, 0.717) is 11.6 Å². The lowest BCUT2D eigenvalue weighted by molar-refractivity contribution is 0.0576. The quantitative estimate of drug-likeness (QED) is 0.878. The van der Waals surface area contributed by atoms with Crippen molar-refractivity contribution in [3.8, 4) is 0 Å². The molecule has 1 saturated carbocycles. The molecule has 1 aromatic rings. The van der Waals surface area contributed by atoms with Crippen molar-refractivity contribution in [1.82, 2.24) is 10.2 Å². The van der Waals surface area contributed by atoms with Crippen molar-refractivity contribution in [3.05, 3.63) is 34.9 Å². The maximum Gasteiger partial charge on any atom is 0.0406 e. The highest BCUT2D eigenvalue weighted by Crippen LogP contribution is 2.35. The van der Waals surface area contributed by atoms with Crippen molar-refractivity contribution >= 4 is 11.6 Å². The Bertz CT molecular complexity index is 382. The van der Waals surface area contributed by atoms with Crippen LogP contribution < -0.4 is 5.32 Å². The number of hydrogen-bond donors (Lipinski definition) is 1. The van der Waals surface area contributed by atoms with E-state index in [9.17, 15) is 0 Å². The van der Waals surface area contributed by atoms with Gasteiger partial charge in [0.2, 0.25) is 0 Å². The van der Waals surface area contributed by atoms with Gasteiger partial charge in [-0.2, -0.15) is 0 Å². The second kappa shape index (κ2) is 5.60. The first-order valence-electron chi connectivity index (χ1n) is 6.70.